The maximum Gasteiger partial charge on any atom is 0.409 e. The molecule has 160 valence electrons. The highest BCUT2D eigenvalue weighted by molar-refractivity contribution is 5.93. The van der Waals surface area contributed by atoms with Crippen molar-refractivity contribution in [3.8, 4) is 0 Å². The van der Waals surface area contributed by atoms with Crippen molar-refractivity contribution in [2.45, 2.75) is 25.8 Å². The van der Waals surface area contributed by atoms with Crippen LogP contribution in [0.1, 0.15) is 30.3 Å². The lowest BCUT2D eigenvalue weighted by Crippen LogP contribution is -2.46. The van der Waals surface area contributed by atoms with Gasteiger partial charge in [0, 0.05) is 36.4 Å². The van der Waals surface area contributed by atoms with E-state index in [1.807, 2.05) is 36.4 Å². The smallest absolute Gasteiger partial charge is 0.409 e. The molecule has 0 bridgehead atoms. The van der Waals surface area contributed by atoms with Crippen molar-refractivity contribution in [2.75, 3.05) is 25.0 Å². The molecule has 8 nitrogen and oxygen atoms in total. The van der Waals surface area contributed by atoms with E-state index in [0.717, 1.165) is 16.6 Å². The van der Waals surface area contributed by atoms with Crippen molar-refractivity contribution >= 4 is 34.4 Å². The molecule has 1 saturated heterocycles. The highest BCUT2D eigenvalue weighted by atomic mass is 16.6. The molecule has 0 unspecified atom stereocenters. The van der Waals surface area contributed by atoms with Crippen LogP contribution in [-0.4, -0.2) is 52.6 Å². The number of hydrogen-bond acceptors (Lipinski definition) is 6. The molecule has 1 fully saturated rings. The molecule has 3 heterocycles. The summed E-state index contributed by atoms with van der Waals surface area (Å²) in [4.78, 5) is 35.0. The molecular weight excluding hydrogens is 394 g/mol. The van der Waals surface area contributed by atoms with Gasteiger partial charge in [0.25, 0.3) is 5.91 Å². The molecule has 31 heavy (non-hydrogen) atoms. The highest BCUT2D eigenvalue weighted by Gasteiger charge is 2.25. The minimum atomic E-state index is -0.294. The zero-order valence-corrected chi connectivity index (χ0v) is 17.4. The van der Waals surface area contributed by atoms with Gasteiger partial charge < -0.3 is 20.3 Å². The first-order valence-corrected chi connectivity index (χ1v) is 10.4. The van der Waals surface area contributed by atoms with Gasteiger partial charge in [0.2, 0.25) is 0 Å². The summed E-state index contributed by atoms with van der Waals surface area (Å²) in [6.07, 6.45) is 2.85. The number of fused-ring (bicyclic) bond motifs is 1. The number of rotatable bonds is 5. The molecule has 8 heteroatoms. The number of ether oxygens (including phenoxy) is 1. The number of piperidine rings is 1. The number of carbonyl (C=O) groups excluding carboxylic acids is 2. The molecule has 3 aromatic rings. The van der Waals surface area contributed by atoms with E-state index in [9.17, 15) is 9.59 Å². The van der Waals surface area contributed by atoms with Crippen LogP contribution < -0.4 is 10.6 Å². The Morgan fingerprint density at radius 1 is 1.13 bits per heavy atom. The molecule has 2 N–H and O–H groups in total. The quantitative estimate of drug-likeness (QED) is 0.654. The zero-order chi connectivity index (χ0) is 21.6. The number of nitrogens with one attached hydrogen (secondary N) is 2. The molecule has 1 aromatic carbocycles. The molecule has 0 atom stereocenters. The van der Waals surface area contributed by atoms with Crippen LogP contribution in [0.2, 0.25) is 0 Å². The second-order valence-corrected chi connectivity index (χ2v) is 7.38. The average Bonchev–Trinajstić information content (AvgIpc) is 2.80. The average molecular weight is 419 g/mol. The minimum Gasteiger partial charge on any atom is -0.450 e. The molecule has 0 saturated carbocycles. The highest BCUT2D eigenvalue weighted by Crippen LogP contribution is 2.20. The second kappa shape index (κ2) is 9.42. The van der Waals surface area contributed by atoms with Crippen molar-refractivity contribution in [2.24, 2.45) is 0 Å². The Kier molecular flexibility index (Phi) is 6.26. The number of nitrogens with zero attached hydrogens (tertiary/aromatic N) is 3. The van der Waals surface area contributed by atoms with E-state index in [2.05, 4.69) is 20.6 Å². The lowest BCUT2D eigenvalue weighted by Gasteiger charge is -2.31. The van der Waals surface area contributed by atoms with E-state index >= 15 is 0 Å². The molecule has 4 rings (SSSR count). The molecule has 1 aliphatic rings. The molecule has 1 aliphatic heterocycles. The summed E-state index contributed by atoms with van der Waals surface area (Å²) in [5, 5.41) is 7.30. The van der Waals surface area contributed by atoms with Gasteiger partial charge in [-0.2, -0.15) is 0 Å². The summed E-state index contributed by atoms with van der Waals surface area (Å²) in [5.41, 5.74) is 2.14. The van der Waals surface area contributed by atoms with Gasteiger partial charge >= 0.3 is 6.09 Å². The molecule has 2 amide bonds. The third kappa shape index (κ3) is 5.09. The number of pyridine rings is 2. The van der Waals surface area contributed by atoms with Crippen LogP contribution >= 0.6 is 0 Å². The van der Waals surface area contributed by atoms with E-state index in [1.165, 1.54) is 0 Å². The lowest BCUT2D eigenvalue weighted by molar-refractivity contribution is 0.0856. The van der Waals surface area contributed by atoms with Crippen LogP contribution in [0.15, 0.2) is 54.7 Å². The van der Waals surface area contributed by atoms with Crippen LogP contribution in [0, 0.1) is 0 Å². The fourth-order valence-electron chi connectivity index (χ4n) is 3.61. The van der Waals surface area contributed by atoms with Crippen molar-refractivity contribution in [1.82, 2.24) is 20.2 Å². The summed E-state index contributed by atoms with van der Waals surface area (Å²) in [7, 11) is 0. The zero-order valence-electron chi connectivity index (χ0n) is 17.4. The predicted octanol–water partition coefficient (Wildman–Crippen LogP) is 3.72. The van der Waals surface area contributed by atoms with E-state index in [1.54, 1.807) is 30.2 Å². The summed E-state index contributed by atoms with van der Waals surface area (Å²) < 4.78 is 5.03. The fourth-order valence-corrected chi connectivity index (χ4v) is 3.61. The summed E-state index contributed by atoms with van der Waals surface area (Å²) >= 11 is 0. The van der Waals surface area contributed by atoms with Crippen molar-refractivity contribution in [1.29, 1.82) is 0 Å². The van der Waals surface area contributed by atoms with Gasteiger partial charge in [0.15, 0.2) is 0 Å². The standard InChI is InChI=1S/C23H25N5O3/c1-2-31-23(30)28-13-10-17(11-14-28)26-22(29)20-6-3-7-21(27-20)25-18-8-9-19-16(15-18)5-4-12-24-19/h3-9,12,15,17H,2,10-11,13-14H2,1H3,(H,25,27)(H,26,29). The van der Waals surface area contributed by atoms with Gasteiger partial charge in [-0.25, -0.2) is 9.78 Å². The van der Waals surface area contributed by atoms with Crippen LogP contribution in [0.5, 0.6) is 0 Å². The normalized spacial score (nSPS) is 14.3. The maximum atomic E-state index is 12.7. The van der Waals surface area contributed by atoms with Crippen molar-refractivity contribution in [3.05, 3.63) is 60.4 Å². The number of anilines is 2. The van der Waals surface area contributed by atoms with E-state index in [0.29, 0.717) is 44.0 Å². The van der Waals surface area contributed by atoms with Crippen LogP contribution in [0.3, 0.4) is 0 Å². The Morgan fingerprint density at radius 2 is 1.97 bits per heavy atom. The Hall–Kier alpha value is -3.68. The Morgan fingerprint density at radius 3 is 2.77 bits per heavy atom. The SMILES string of the molecule is CCOC(=O)N1CCC(NC(=O)c2cccc(Nc3ccc4ncccc4c3)n2)CC1. The maximum absolute atomic E-state index is 12.7. The third-order valence-electron chi connectivity index (χ3n) is 5.21. The van der Waals surface area contributed by atoms with Crippen LogP contribution in [0.25, 0.3) is 10.9 Å². The van der Waals surface area contributed by atoms with Gasteiger partial charge in [-0.15, -0.1) is 0 Å². The van der Waals surface area contributed by atoms with Gasteiger partial charge in [0.05, 0.1) is 12.1 Å². The van der Waals surface area contributed by atoms with E-state index in [-0.39, 0.29) is 18.0 Å². The second-order valence-electron chi connectivity index (χ2n) is 7.38. The van der Waals surface area contributed by atoms with Gasteiger partial charge in [-0.1, -0.05) is 12.1 Å². The number of benzene rings is 1. The Balaban J connectivity index is 1.36. The first kappa shape index (κ1) is 20.6. The molecule has 0 aliphatic carbocycles. The number of carbonyl (C=O) groups is 2. The van der Waals surface area contributed by atoms with Crippen molar-refractivity contribution < 1.29 is 14.3 Å². The monoisotopic (exact) mass is 419 g/mol. The largest absolute Gasteiger partial charge is 0.450 e. The van der Waals surface area contributed by atoms with Gasteiger partial charge in [0.1, 0.15) is 11.5 Å². The predicted molar refractivity (Wildman–Crippen MR) is 118 cm³/mol. The van der Waals surface area contributed by atoms with E-state index < -0.39 is 0 Å². The number of likely N-dealkylation sites (tertiary alicyclic amines) is 1. The first-order valence-electron chi connectivity index (χ1n) is 10.4. The minimum absolute atomic E-state index is 0.00424. The number of hydrogen-bond donors (Lipinski definition) is 2. The van der Waals surface area contributed by atoms with Crippen LogP contribution in [-0.2, 0) is 4.74 Å². The molecule has 0 spiro atoms. The van der Waals surface area contributed by atoms with Crippen LogP contribution in [0.4, 0.5) is 16.3 Å². The number of aromatic nitrogens is 2. The molecule has 0 radical (unpaired) electrons. The van der Waals surface area contributed by atoms with Crippen molar-refractivity contribution in [3.63, 3.8) is 0 Å². The van der Waals surface area contributed by atoms with Gasteiger partial charge in [-0.05, 0) is 56.2 Å². The number of amides is 2. The Bertz CT molecular complexity index is 1080. The van der Waals surface area contributed by atoms with E-state index in [4.69, 9.17) is 4.74 Å². The lowest BCUT2D eigenvalue weighted by atomic mass is 10.1. The molecule has 2 aromatic heterocycles. The fraction of sp³-hybridized carbons (Fsp3) is 0.304. The Labute approximate surface area is 180 Å². The summed E-state index contributed by atoms with van der Waals surface area (Å²) in [6, 6.07) is 15.1. The summed E-state index contributed by atoms with van der Waals surface area (Å²) in [5.74, 6) is 0.369. The molecular formula is C23H25N5O3. The first-order chi connectivity index (χ1) is 15.1. The third-order valence-corrected chi connectivity index (χ3v) is 5.21. The topological polar surface area (TPSA) is 96.5 Å². The summed E-state index contributed by atoms with van der Waals surface area (Å²) in [6.45, 7) is 3.28. The van der Waals surface area contributed by atoms with Gasteiger partial charge in [-0.3, -0.25) is 9.78 Å².